The molecule has 1 fully saturated rings. The van der Waals surface area contributed by atoms with E-state index in [1.807, 2.05) is 0 Å². The molecule has 1 saturated heterocycles. The molecule has 23 heavy (non-hydrogen) atoms. The Morgan fingerprint density at radius 2 is 2.35 bits per heavy atom. The second-order valence-corrected chi connectivity index (χ2v) is 6.31. The summed E-state index contributed by atoms with van der Waals surface area (Å²) in [6, 6.07) is 4.31. The SMILES string of the molecule is CC1(O)CCN(C(=O)CCc2nc3ccc(F)cc3[nH]2)CC1O. The molecule has 3 N–H and O–H groups in total. The number of nitrogens with one attached hydrogen (secondary N) is 1. The van der Waals surface area contributed by atoms with E-state index in [-0.39, 0.29) is 24.7 Å². The van der Waals surface area contributed by atoms with Gasteiger partial charge in [0.25, 0.3) is 0 Å². The predicted molar refractivity (Wildman–Crippen MR) is 82.2 cm³/mol. The number of H-pyrrole nitrogens is 1. The zero-order chi connectivity index (χ0) is 16.6. The number of hydrogen-bond donors (Lipinski definition) is 3. The van der Waals surface area contributed by atoms with Crippen molar-refractivity contribution in [1.82, 2.24) is 14.9 Å². The Hall–Kier alpha value is -1.99. The van der Waals surface area contributed by atoms with Gasteiger partial charge in [-0.2, -0.15) is 0 Å². The van der Waals surface area contributed by atoms with Crippen molar-refractivity contribution in [2.24, 2.45) is 0 Å². The van der Waals surface area contributed by atoms with Gasteiger partial charge < -0.3 is 20.1 Å². The highest BCUT2D eigenvalue weighted by Gasteiger charge is 2.37. The third-order valence-corrected chi connectivity index (χ3v) is 4.42. The van der Waals surface area contributed by atoms with Crippen LogP contribution in [0.2, 0.25) is 0 Å². The Balaban J connectivity index is 1.60. The van der Waals surface area contributed by atoms with Crippen LogP contribution in [0.4, 0.5) is 4.39 Å². The van der Waals surface area contributed by atoms with E-state index in [4.69, 9.17) is 0 Å². The van der Waals surface area contributed by atoms with Crippen LogP contribution in [0.5, 0.6) is 0 Å². The molecule has 7 heteroatoms. The van der Waals surface area contributed by atoms with Gasteiger partial charge in [-0.15, -0.1) is 0 Å². The molecule has 1 amide bonds. The molecule has 2 heterocycles. The molecule has 6 nitrogen and oxygen atoms in total. The number of carbonyl (C=O) groups excluding carboxylic acids is 1. The largest absolute Gasteiger partial charge is 0.388 e. The molecule has 1 aromatic heterocycles. The van der Waals surface area contributed by atoms with Crippen LogP contribution >= 0.6 is 0 Å². The van der Waals surface area contributed by atoms with E-state index in [1.54, 1.807) is 17.9 Å². The third kappa shape index (κ3) is 3.35. The summed E-state index contributed by atoms with van der Waals surface area (Å²) >= 11 is 0. The minimum Gasteiger partial charge on any atom is -0.388 e. The third-order valence-electron chi connectivity index (χ3n) is 4.42. The highest BCUT2D eigenvalue weighted by atomic mass is 19.1. The highest BCUT2D eigenvalue weighted by Crippen LogP contribution is 2.22. The van der Waals surface area contributed by atoms with Gasteiger partial charge in [-0.05, 0) is 31.5 Å². The Morgan fingerprint density at radius 1 is 1.57 bits per heavy atom. The number of halogens is 1. The molecular formula is C16H20FN3O3. The molecule has 1 aliphatic heterocycles. The summed E-state index contributed by atoms with van der Waals surface area (Å²) in [6.45, 7) is 2.14. The standard InChI is InChI=1S/C16H20FN3O3/c1-16(23)6-7-20(9-13(16)21)15(22)5-4-14-18-11-3-2-10(17)8-12(11)19-14/h2-3,8,13,21,23H,4-7,9H2,1H3,(H,18,19). The van der Waals surface area contributed by atoms with Crippen molar-refractivity contribution >= 4 is 16.9 Å². The van der Waals surface area contributed by atoms with Gasteiger partial charge >= 0.3 is 0 Å². The maximum Gasteiger partial charge on any atom is 0.223 e. The van der Waals surface area contributed by atoms with Crippen molar-refractivity contribution in [1.29, 1.82) is 0 Å². The number of hydrogen-bond acceptors (Lipinski definition) is 4. The Kier molecular flexibility index (Phi) is 4.08. The lowest BCUT2D eigenvalue weighted by Crippen LogP contribution is -2.55. The first-order chi connectivity index (χ1) is 10.8. The first-order valence-electron chi connectivity index (χ1n) is 7.67. The monoisotopic (exact) mass is 321 g/mol. The van der Waals surface area contributed by atoms with Gasteiger partial charge in [-0.25, -0.2) is 9.37 Å². The van der Waals surface area contributed by atoms with Crippen molar-refractivity contribution in [2.45, 2.75) is 37.9 Å². The average molecular weight is 321 g/mol. The molecule has 0 bridgehead atoms. The molecule has 0 spiro atoms. The molecule has 3 rings (SSSR count). The van der Waals surface area contributed by atoms with Crippen molar-refractivity contribution < 1.29 is 19.4 Å². The number of fused-ring (bicyclic) bond motifs is 1. The molecule has 0 aliphatic carbocycles. The number of carbonyl (C=O) groups is 1. The lowest BCUT2D eigenvalue weighted by Gasteiger charge is -2.39. The maximum absolute atomic E-state index is 13.1. The van der Waals surface area contributed by atoms with Crippen molar-refractivity contribution in [3.8, 4) is 0 Å². The highest BCUT2D eigenvalue weighted by molar-refractivity contribution is 5.77. The second kappa shape index (κ2) is 5.90. The summed E-state index contributed by atoms with van der Waals surface area (Å²) in [4.78, 5) is 21.1. The van der Waals surface area contributed by atoms with Crippen LogP contribution in [0.3, 0.4) is 0 Å². The molecule has 2 atom stereocenters. The van der Waals surface area contributed by atoms with E-state index in [9.17, 15) is 19.4 Å². The minimum atomic E-state index is -1.14. The van der Waals surface area contributed by atoms with Crippen molar-refractivity contribution in [3.63, 3.8) is 0 Å². The number of amides is 1. The minimum absolute atomic E-state index is 0.0915. The summed E-state index contributed by atoms with van der Waals surface area (Å²) in [5, 5.41) is 19.8. The summed E-state index contributed by atoms with van der Waals surface area (Å²) in [6.07, 6.45) is 0.0772. The summed E-state index contributed by atoms with van der Waals surface area (Å²) in [7, 11) is 0. The molecule has 2 aromatic rings. The second-order valence-electron chi connectivity index (χ2n) is 6.31. The van der Waals surface area contributed by atoms with Gasteiger partial charge in [0.05, 0.1) is 22.7 Å². The number of aryl methyl sites for hydroxylation is 1. The molecule has 1 aromatic carbocycles. The molecule has 0 radical (unpaired) electrons. The number of rotatable bonds is 3. The Morgan fingerprint density at radius 3 is 3.09 bits per heavy atom. The molecule has 0 saturated carbocycles. The quantitative estimate of drug-likeness (QED) is 0.786. The average Bonchev–Trinajstić information content (AvgIpc) is 2.89. The number of benzene rings is 1. The van der Waals surface area contributed by atoms with Gasteiger partial charge in [-0.1, -0.05) is 0 Å². The summed E-state index contributed by atoms with van der Waals surface area (Å²) < 4.78 is 13.1. The number of imidazole rings is 1. The molecule has 1 aliphatic rings. The zero-order valence-electron chi connectivity index (χ0n) is 12.9. The molecular weight excluding hydrogens is 301 g/mol. The number of nitrogens with zero attached hydrogens (tertiary/aromatic N) is 2. The van der Waals surface area contributed by atoms with Crippen molar-refractivity contribution in [3.05, 3.63) is 29.8 Å². The number of piperidine rings is 1. The Bertz CT molecular complexity index is 728. The molecule has 124 valence electrons. The van der Waals surface area contributed by atoms with Gasteiger partial charge in [-0.3, -0.25) is 4.79 Å². The van der Waals surface area contributed by atoms with E-state index in [1.165, 1.54) is 12.1 Å². The lowest BCUT2D eigenvalue weighted by atomic mass is 9.90. The van der Waals surface area contributed by atoms with Crippen molar-refractivity contribution in [2.75, 3.05) is 13.1 Å². The summed E-state index contributed by atoms with van der Waals surface area (Å²) in [5.41, 5.74) is 0.134. The van der Waals surface area contributed by atoms with E-state index >= 15 is 0 Å². The number of likely N-dealkylation sites (tertiary alicyclic amines) is 1. The van der Waals surface area contributed by atoms with E-state index in [0.29, 0.717) is 36.2 Å². The normalized spacial score (nSPS) is 25.0. The lowest BCUT2D eigenvalue weighted by molar-refractivity contribution is -0.146. The summed E-state index contributed by atoms with van der Waals surface area (Å²) in [5.74, 6) is 0.202. The fourth-order valence-electron chi connectivity index (χ4n) is 2.79. The van der Waals surface area contributed by atoms with Crippen LogP contribution in [0.15, 0.2) is 18.2 Å². The van der Waals surface area contributed by atoms with Gasteiger partial charge in [0.15, 0.2) is 0 Å². The predicted octanol–water partition coefficient (Wildman–Crippen LogP) is 0.979. The van der Waals surface area contributed by atoms with Gasteiger partial charge in [0.1, 0.15) is 11.6 Å². The number of β-amino-alcohol motifs (C(OH)–C–C–N with tert-alkyl or cyclic N) is 1. The zero-order valence-corrected chi connectivity index (χ0v) is 12.9. The van der Waals surface area contributed by atoms with E-state index in [2.05, 4.69) is 9.97 Å². The first kappa shape index (κ1) is 15.9. The maximum atomic E-state index is 13.1. The van der Waals surface area contributed by atoms with Crippen LogP contribution in [0.1, 0.15) is 25.6 Å². The topological polar surface area (TPSA) is 89.5 Å². The fraction of sp³-hybridized carbons (Fsp3) is 0.500. The van der Waals surface area contributed by atoms with Gasteiger partial charge in [0, 0.05) is 25.9 Å². The van der Waals surface area contributed by atoms with Crippen LogP contribution in [0, 0.1) is 5.82 Å². The van der Waals surface area contributed by atoms with Gasteiger partial charge in [0.2, 0.25) is 5.91 Å². The van der Waals surface area contributed by atoms with E-state index < -0.39 is 11.7 Å². The smallest absolute Gasteiger partial charge is 0.223 e. The number of aliphatic hydroxyl groups is 2. The number of aliphatic hydroxyl groups excluding tert-OH is 1. The number of aromatic nitrogens is 2. The Labute approximate surface area is 132 Å². The van der Waals surface area contributed by atoms with Crippen LogP contribution in [-0.2, 0) is 11.2 Å². The van der Waals surface area contributed by atoms with E-state index in [0.717, 1.165) is 0 Å². The van der Waals surface area contributed by atoms with Crippen LogP contribution < -0.4 is 0 Å². The number of aromatic amines is 1. The van der Waals surface area contributed by atoms with Crippen LogP contribution in [-0.4, -0.2) is 55.8 Å². The fourth-order valence-corrected chi connectivity index (χ4v) is 2.79. The molecule has 2 unspecified atom stereocenters. The first-order valence-corrected chi connectivity index (χ1v) is 7.67. The van der Waals surface area contributed by atoms with Crippen LogP contribution in [0.25, 0.3) is 11.0 Å².